The summed E-state index contributed by atoms with van der Waals surface area (Å²) in [5.74, 6) is 0.0634. The summed E-state index contributed by atoms with van der Waals surface area (Å²) in [6.45, 7) is 11.6. The molecule has 1 amide bonds. The normalized spacial score (nSPS) is 14.3. The molecule has 0 unspecified atom stereocenters. The number of rotatable bonds is 14. The van der Waals surface area contributed by atoms with E-state index in [2.05, 4.69) is 26.7 Å². The van der Waals surface area contributed by atoms with E-state index in [0.29, 0.717) is 47.3 Å². The van der Waals surface area contributed by atoms with Gasteiger partial charge in [0.25, 0.3) is 0 Å². The number of alkyl carbamates (subject to hydrolysis) is 1. The van der Waals surface area contributed by atoms with Gasteiger partial charge in [-0.25, -0.2) is 24.5 Å². The van der Waals surface area contributed by atoms with Crippen molar-refractivity contribution in [3.05, 3.63) is 36.3 Å². The van der Waals surface area contributed by atoms with E-state index in [1.54, 1.807) is 70.6 Å². The van der Waals surface area contributed by atoms with Crippen molar-refractivity contribution in [3.63, 3.8) is 0 Å². The number of nitrogens with one attached hydrogen (secondary N) is 2. The molecule has 0 aliphatic carbocycles. The van der Waals surface area contributed by atoms with Crippen molar-refractivity contribution in [1.29, 1.82) is 5.26 Å². The van der Waals surface area contributed by atoms with Gasteiger partial charge in [-0.1, -0.05) is 0 Å². The second-order valence-corrected chi connectivity index (χ2v) is 13.5. The van der Waals surface area contributed by atoms with Crippen molar-refractivity contribution in [2.75, 3.05) is 45.0 Å². The SMILES string of the molecule is CC(C)(C)OC(=O)C[C@H](NC(=O)OC(C)(C)C)C(=O)OCCOCCOc1cc2ncn(-c3ccc(C#N)cn3)c2nc1NC1CCOCC1. The number of aromatic nitrogens is 4. The minimum absolute atomic E-state index is 0.0349. The van der Waals surface area contributed by atoms with E-state index >= 15 is 0 Å². The van der Waals surface area contributed by atoms with Crippen molar-refractivity contribution < 1.29 is 42.8 Å². The predicted octanol–water partition coefficient (Wildman–Crippen LogP) is 3.84. The summed E-state index contributed by atoms with van der Waals surface area (Å²) < 4.78 is 34.7. The minimum atomic E-state index is -1.32. The fourth-order valence-corrected chi connectivity index (χ4v) is 4.74. The van der Waals surface area contributed by atoms with Crippen LogP contribution in [0, 0.1) is 11.3 Å². The molecule has 16 heteroatoms. The van der Waals surface area contributed by atoms with Gasteiger partial charge in [-0.2, -0.15) is 5.26 Å². The summed E-state index contributed by atoms with van der Waals surface area (Å²) >= 11 is 0. The highest BCUT2D eigenvalue weighted by molar-refractivity contribution is 5.86. The number of hydrogen-bond donors (Lipinski definition) is 2. The van der Waals surface area contributed by atoms with Crippen LogP contribution in [0.4, 0.5) is 10.6 Å². The zero-order valence-corrected chi connectivity index (χ0v) is 29.3. The smallest absolute Gasteiger partial charge is 0.408 e. The lowest BCUT2D eigenvalue weighted by Crippen LogP contribution is -2.46. The molecule has 4 heterocycles. The van der Waals surface area contributed by atoms with Crippen LogP contribution in [0.25, 0.3) is 17.0 Å². The second kappa shape index (κ2) is 17.1. The standard InChI is InChI=1S/C34H45N7O9/c1-33(2,3)49-28(42)18-25(39-32(44)50-34(4,5)6)31(43)48-16-14-46-13-15-47-26-17-24-30(40-29(26)38-23-9-11-45-12-10-23)41(21-37-24)27-8-7-22(19-35)20-36-27/h7-8,17,20-21,23,25H,9-16,18H2,1-6H3,(H,38,40)(H,39,44)/t25-/m0/s1. The molecular weight excluding hydrogens is 650 g/mol. The van der Waals surface area contributed by atoms with Crippen molar-refractivity contribution >= 4 is 35.0 Å². The topological polar surface area (TPSA) is 198 Å². The van der Waals surface area contributed by atoms with Crippen molar-refractivity contribution in [1.82, 2.24) is 24.8 Å². The molecule has 0 spiro atoms. The zero-order chi connectivity index (χ0) is 36.3. The van der Waals surface area contributed by atoms with Crippen LogP contribution in [0.3, 0.4) is 0 Å². The Kier molecular flexibility index (Phi) is 12.9. The van der Waals surface area contributed by atoms with Gasteiger partial charge in [-0.3, -0.25) is 9.36 Å². The molecule has 1 aliphatic heterocycles. The number of pyridine rings is 2. The Morgan fingerprint density at radius 1 is 1.02 bits per heavy atom. The van der Waals surface area contributed by atoms with Gasteiger partial charge in [-0.15, -0.1) is 0 Å². The molecule has 1 aliphatic rings. The van der Waals surface area contributed by atoms with Crippen LogP contribution in [0.5, 0.6) is 5.75 Å². The number of carbonyl (C=O) groups excluding carboxylic acids is 3. The third kappa shape index (κ3) is 11.8. The Balaban J connectivity index is 1.33. The van der Waals surface area contributed by atoms with Gasteiger partial charge in [0.2, 0.25) is 0 Å². The number of esters is 2. The van der Waals surface area contributed by atoms with E-state index in [-0.39, 0.29) is 32.5 Å². The highest BCUT2D eigenvalue weighted by atomic mass is 16.6. The third-order valence-electron chi connectivity index (χ3n) is 6.90. The largest absolute Gasteiger partial charge is 0.487 e. The lowest BCUT2D eigenvalue weighted by atomic mass is 10.1. The summed E-state index contributed by atoms with van der Waals surface area (Å²) in [7, 11) is 0. The Labute approximate surface area is 290 Å². The molecule has 1 fully saturated rings. The Morgan fingerprint density at radius 3 is 2.40 bits per heavy atom. The highest BCUT2D eigenvalue weighted by Crippen LogP contribution is 2.29. The van der Waals surface area contributed by atoms with Crippen molar-refractivity contribution in [2.24, 2.45) is 0 Å². The molecule has 4 rings (SSSR count). The molecule has 3 aromatic rings. The number of nitriles is 1. The molecule has 270 valence electrons. The number of amides is 1. The second-order valence-electron chi connectivity index (χ2n) is 13.5. The molecule has 16 nitrogen and oxygen atoms in total. The zero-order valence-electron chi connectivity index (χ0n) is 29.3. The van der Waals surface area contributed by atoms with Crippen LogP contribution < -0.4 is 15.4 Å². The number of carbonyl (C=O) groups is 3. The summed E-state index contributed by atoms with van der Waals surface area (Å²) in [5, 5.41) is 15.0. The van der Waals surface area contributed by atoms with Crippen LogP contribution in [-0.4, -0.2) is 100 Å². The van der Waals surface area contributed by atoms with Gasteiger partial charge in [0, 0.05) is 31.5 Å². The summed E-state index contributed by atoms with van der Waals surface area (Å²) in [6.07, 6.45) is 3.41. The first-order chi connectivity index (χ1) is 23.7. The first-order valence-corrected chi connectivity index (χ1v) is 16.4. The summed E-state index contributed by atoms with van der Waals surface area (Å²) in [6, 6.07) is 6.07. The molecule has 0 bridgehead atoms. The van der Waals surface area contributed by atoms with E-state index in [9.17, 15) is 14.4 Å². The van der Waals surface area contributed by atoms with E-state index in [1.165, 1.54) is 6.20 Å². The number of ether oxygens (including phenoxy) is 6. The number of imidazole rings is 1. The number of fused-ring (bicyclic) bond motifs is 1. The summed E-state index contributed by atoms with van der Waals surface area (Å²) in [5.41, 5.74) is 0.00408. The third-order valence-corrected chi connectivity index (χ3v) is 6.90. The lowest BCUT2D eigenvalue weighted by molar-refractivity contribution is -0.160. The van der Waals surface area contributed by atoms with Gasteiger partial charge >= 0.3 is 18.0 Å². The monoisotopic (exact) mass is 695 g/mol. The average Bonchev–Trinajstić information content (AvgIpc) is 3.45. The molecule has 3 aromatic heterocycles. The van der Waals surface area contributed by atoms with Crippen molar-refractivity contribution in [2.45, 2.75) is 84.1 Å². The molecule has 0 aromatic carbocycles. The molecule has 1 atom stereocenters. The maximum Gasteiger partial charge on any atom is 0.408 e. The van der Waals surface area contributed by atoms with E-state index in [1.807, 2.05) is 0 Å². The predicted molar refractivity (Wildman–Crippen MR) is 180 cm³/mol. The van der Waals surface area contributed by atoms with Crippen LogP contribution in [0.1, 0.15) is 66.4 Å². The molecule has 1 saturated heterocycles. The fourth-order valence-electron chi connectivity index (χ4n) is 4.74. The number of anilines is 1. The maximum absolute atomic E-state index is 12.8. The van der Waals surface area contributed by atoms with Crippen LogP contribution in [-0.2, 0) is 33.3 Å². The van der Waals surface area contributed by atoms with E-state index in [4.69, 9.17) is 38.7 Å². The number of nitrogens with zero attached hydrogens (tertiary/aromatic N) is 5. The first kappa shape index (κ1) is 37.8. The van der Waals surface area contributed by atoms with E-state index in [0.717, 1.165) is 12.8 Å². The lowest BCUT2D eigenvalue weighted by Gasteiger charge is -2.24. The van der Waals surface area contributed by atoms with Crippen LogP contribution in [0.15, 0.2) is 30.7 Å². The van der Waals surface area contributed by atoms with Gasteiger partial charge in [0.15, 0.2) is 17.2 Å². The Bertz CT molecular complexity index is 1620. The Morgan fingerprint density at radius 2 is 1.74 bits per heavy atom. The van der Waals surface area contributed by atoms with Crippen LogP contribution >= 0.6 is 0 Å². The maximum atomic E-state index is 12.8. The quantitative estimate of drug-likeness (QED) is 0.140. The Hall–Kier alpha value is -5.01. The molecule has 0 saturated carbocycles. The molecule has 0 radical (unpaired) electrons. The van der Waals surface area contributed by atoms with Crippen molar-refractivity contribution in [3.8, 4) is 17.6 Å². The van der Waals surface area contributed by atoms with Crippen LogP contribution in [0.2, 0.25) is 0 Å². The molecule has 50 heavy (non-hydrogen) atoms. The van der Waals surface area contributed by atoms with Gasteiger partial charge in [0.05, 0.1) is 25.2 Å². The average molecular weight is 696 g/mol. The van der Waals surface area contributed by atoms with Gasteiger partial charge in [-0.05, 0) is 66.5 Å². The summed E-state index contributed by atoms with van der Waals surface area (Å²) in [4.78, 5) is 51.3. The van der Waals surface area contributed by atoms with Gasteiger partial charge in [0.1, 0.15) is 54.2 Å². The molecular formula is C34H45N7O9. The fraction of sp³-hybridized carbons (Fsp3) is 0.559. The van der Waals surface area contributed by atoms with Gasteiger partial charge < -0.3 is 39.1 Å². The van der Waals surface area contributed by atoms with E-state index < -0.39 is 41.7 Å². The first-order valence-electron chi connectivity index (χ1n) is 16.4. The minimum Gasteiger partial charge on any atom is -0.487 e. The number of hydrogen-bond acceptors (Lipinski definition) is 14. The molecule has 2 N–H and O–H groups in total. The highest BCUT2D eigenvalue weighted by Gasteiger charge is 2.30.